The molecule has 0 radical (unpaired) electrons. The predicted octanol–water partition coefficient (Wildman–Crippen LogP) is 2.75. The van der Waals surface area contributed by atoms with Crippen LogP contribution < -0.4 is 21.1 Å². The van der Waals surface area contributed by atoms with Gasteiger partial charge in [0.25, 0.3) is 5.91 Å². The average molecular weight is 383 g/mol. The molecule has 0 aliphatic carbocycles. The van der Waals surface area contributed by atoms with Crippen molar-refractivity contribution < 1.29 is 23.8 Å². The molecule has 2 amide bonds. The molecule has 0 atom stereocenters. The van der Waals surface area contributed by atoms with Crippen LogP contribution in [0.1, 0.15) is 5.56 Å². The lowest BCUT2D eigenvalue weighted by Gasteiger charge is -2.21. The Labute approximate surface area is 157 Å². The van der Waals surface area contributed by atoms with E-state index < -0.39 is 11.9 Å². The van der Waals surface area contributed by atoms with Crippen LogP contribution in [0.3, 0.4) is 0 Å². The highest BCUT2D eigenvalue weighted by Gasteiger charge is 2.23. The fourth-order valence-electron chi connectivity index (χ4n) is 3.09. The second-order valence-electron chi connectivity index (χ2n) is 6.19. The smallest absolute Gasteiger partial charge is 0.410 e. The standard InChI is InChI=1S/C18H14FN5O4/c1-7-10(4-22-17-16(7)24-13(25)6-28-17)9-2-8-3-12(23-18(26)27)21-5-11(8)15(20)14(9)19/h2-5H,6,20H2,1H3,(H,21,23)(H,24,25)(H,26,27). The Morgan fingerprint density at radius 2 is 2.11 bits per heavy atom. The van der Waals surface area contributed by atoms with E-state index in [-0.39, 0.29) is 35.5 Å². The monoisotopic (exact) mass is 383 g/mol. The van der Waals surface area contributed by atoms with Crippen LogP contribution in [0.5, 0.6) is 5.88 Å². The van der Waals surface area contributed by atoms with Crippen molar-refractivity contribution in [2.75, 3.05) is 23.0 Å². The van der Waals surface area contributed by atoms with E-state index in [0.29, 0.717) is 27.6 Å². The van der Waals surface area contributed by atoms with E-state index in [2.05, 4.69) is 20.6 Å². The lowest BCUT2D eigenvalue weighted by Crippen LogP contribution is -2.26. The molecule has 0 unspecified atom stereocenters. The first kappa shape index (κ1) is 17.5. The Hall–Kier alpha value is -3.95. The van der Waals surface area contributed by atoms with Gasteiger partial charge in [-0.3, -0.25) is 10.1 Å². The lowest BCUT2D eigenvalue weighted by molar-refractivity contribution is -0.118. The number of hydrogen-bond acceptors (Lipinski definition) is 6. The summed E-state index contributed by atoms with van der Waals surface area (Å²) in [5, 5.41) is 14.5. The van der Waals surface area contributed by atoms with Gasteiger partial charge in [-0.15, -0.1) is 0 Å². The summed E-state index contributed by atoms with van der Waals surface area (Å²) in [6.45, 7) is 1.57. The fraction of sp³-hybridized carbons (Fsp3) is 0.111. The fourth-order valence-corrected chi connectivity index (χ4v) is 3.09. The van der Waals surface area contributed by atoms with Crippen LogP contribution in [0.15, 0.2) is 24.5 Å². The van der Waals surface area contributed by atoms with Gasteiger partial charge in [0.1, 0.15) is 11.5 Å². The van der Waals surface area contributed by atoms with Crippen molar-refractivity contribution >= 4 is 40.0 Å². The van der Waals surface area contributed by atoms with Crippen molar-refractivity contribution in [2.45, 2.75) is 6.92 Å². The molecular formula is C18H14FN5O4. The third-order valence-electron chi connectivity index (χ3n) is 4.43. The molecule has 1 aromatic carbocycles. The molecule has 1 aliphatic rings. The van der Waals surface area contributed by atoms with Gasteiger partial charge in [0.05, 0.1) is 5.69 Å². The molecule has 3 heterocycles. The summed E-state index contributed by atoms with van der Waals surface area (Å²) in [5.41, 5.74) is 7.33. The predicted molar refractivity (Wildman–Crippen MR) is 99.9 cm³/mol. The number of carboxylic acid groups (broad SMARTS) is 1. The van der Waals surface area contributed by atoms with Crippen molar-refractivity contribution in [1.29, 1.82) is 0 Å². The number of benzene rings is 1. The molecule has 0 spiro atoms. The molecule has 10 heteroatoms. The van der Waals surface area contributed by atoms with Crippen LogP contribution in [-0.2, 0) is 4.79 Å². The zero-order valence-corrected chi connectivity index (χ0v) is 14.5. The number of nitrogens with one attached hydrogen (secondary N) is 2. The SMILES string of the molecule is Cc1c(-c2cc3cc(NC(=O)O)ncc3c(N)c2F)cnc2c1NC(=O)CO2. The van der Waals surface area contributed by atoms with Gasteiger partial charge in [0.15, 0.2) is 12.4 Å². The maximum absolute atomic E-state index is 15.0. The zero-order valence-electron chi connectivity index (χ0n) is 14.5. The maximum Gasteiger partial charge on any atom is 0.410 e. The van der Waals surface area contributed by atoms with Gasteiger partial charge in [-0.25, -0.2) is 19.2 Å². The summed E-state index contributed by atoms with van der Waals surface area (Å²) in [7, 11) is 0. The number of fused-ring (bicyclic) bond motifs is 2. The normalized spacial score (nSPS) is 12.9. The Kier molecular flexibility index (Phi) is 3.95. The summed E-state index contributed by atoms with van der Waals surface area (Å²) in [6.07, 6.45) is 1.47. The van der Waals surface area contributed by atoms with Crippen molar-refractivity contribution in [1.82, 2.24) is 9.97 Å². The third-order valence-corrected chi connectivity index (χ3v) is 4.43. The Balaban J connectivity index is 1.91. The van der Waals surface area contributed by atoms with E-state index in [0.717, 1.165) is 0 Å². The first-order valence-corrected chi connectivity index (χ1v) is 8.15. The summed E-state index contributed by atoms with van der Waals surface area (Å²) in [5.74, 6) is -0.658. The Morgan fingerprint density at radius 1 is 1.32 bits per heavy atom. The zero-order chi connectivity index (χ0) is 20.0. The van der Waals surface area contributed by atoms with Gasteiger partial charge >= 0.3 is 6.09 Å². The number of carbonyl (C=O) groups is 2. The van der Waals surface area contributed by atoms with Gasteiger partial charge in [-0.05, 0) is 30.0 Å². The number of anilines is 3. The number of halogens is 1. The molecule has 28 heavy (non-hydrogen) atoms. The van der Waals surface area contributed by atoms with Crippen molar-refractivity contribution in [3.05, 3.63) is 35.9 Å². The van der Waals surface area contributed by atoms with Crippen LogP contribution >= 0.6 is 0 Å². The van der Waals surface area contributed by atoms with Crippen LogP contribution in [0.4, 0.5) is 26.4 Å². The number of rotatable bonds is 2. The minimum absolute atomic E-state index is 0.0814. The first-order chi connectivity index (χ1) is 13.3. The number of aromatic nitrogens is 2. The number of hydrogen-bond donors (Lipinski definition) is 4. The number of carbonyl (C=O) groups excluding carboxylic acids is 1. The van der Waals surface area contributed by atoms with Crippen LogP contribution in [-0.4, -0.2) is 33.7 Å². The Bertz CT molecular complexity index is 1160. The molecule has 1 aliphatic heterocycles. The van der Waals surface area contributed by atoms with Gasteiger partial charge in [0.2, 0.25) is 5.88 Å². The Morgan fingerprint density at radius 3 is 2.86 bits per heavy atom. The van der Waals surface area contributed by atoms with Crippen LogP contribution in [0.25, 0.3) is 21.9 Å². The molecule has 2 aromatic heterocycles. The summed E-state index contributed by atoms with van der Waals surface area (Å²) in [4.78, 5) is 30.5. The minimum Gasteiger partial charge on any atom is -0.466 e. The summed E-state index contributed by atoms with van der Waals surface area (Å²) >= 11 is 0. The molecule has 0 fully saturated rings. The molecule has 142 valence electrons. The second kappa shape index (κ2) is 6.34. The topological polar surface area (TPSA) is 139 Å². The number of pyridine rings is 2. The summed E-state index contributed by atoms with van der Waals surface area (Å²) < 4.78 is 20.3. The van der Waals surface area contributed by atoms with Crippen molar-refractivity contribution in [3.8, 4) is 17.0 Å². The van der Waals surface area contributed by atoms with Crippen LogP contribution in [0.2, 0.25) is 0 Å². The van der Waals surface area contributed by atoms with E-state index in [9.17, 15) is 9.59 Å². The van der Waals surface area contributed by atoms with Crippen molar-refractivity contribution in [2.24, 2.45) is 0 Å². The van der Waals surface area contributed by atoms with E-state index in [1.165, 1.54) is 24.5 Å². The minimum atomic E-state index is -1.27. The largest absolute Gasteiger partial charge is 0.466 e. The highest BCUT2D eigenvalue weighted by atomic mass is 19.1. The third kappa shape index (κ3) is 2.80. The van der Waals surface area contributed by atoms with Gasteiger partial charge in [0, 0.05) is 28.9 Å². The molecule has 0 saturated heterocycles. The van der Waals surface area contributed by atoms with E-state index >= 15 is 4.39 Å². The molecule has 0 saturated carbocycles. The summed E-state index contributed by atoms with van der Waals surface area (Å²) in [6, 6.07) is 2.98. The number of nitrogen functional groups attached to an aromatic ring is 1. The average Bonchev–Trinajstić information content (AvgIpc) is 2.65. The molecule has 9 nitrogen and oxygen atoms in total. The second-order valence-corrected chi connectivity index (χ2v) is 6.19. The molecule has 3 aromatic rings. The number of nitrogens with zero attached hydrogens (tertiary/aromatic N) is 2. The highest BCUT2D eigenvalue weighted by Crippen LogP contribution is 2.39. The lowest BCUT2D eigenvalue weighted by atomic mass is 9.97. The van der Waals surface area contributed by atoms with Gasteiger partial charge in [-0.1, -0.05) is 0 Å². The quantitative estimate of drug-likeness (QED) is 0.499. The van der Waals surface area contributed by atoms with E-state index in [1.54, 1.807) is 6.92 Å². The first-order valence-electron chi connectivity index (χ1n) is 8.15. The molecule has 0 bridgehead atoms. The molecular weight excluding hydrogens is 369 g/mol. The molecule has 4 rings (SSSR count). The van der Waals surface area contributed by atoms with Crippen LogP contribution in [0, 0.1) is 12.7 Å². The van der Waals surface area contributed by atoms with Gasteiger partial charge in [-0.2, -0.15) is 0 Å². The molecule has 5 N–H and O–H groups in total. The van der Waals surface area contributed by atoms with E-state index in [4.69, 9.17) is 15.6 Å². The van der Waals surface area contributed by atoms with Gasteiger partial charge < -0.3 is 20.9 Å². The highest BCUT2D eigenvalue weighted by molar-refractivity contribution is 6.01. The maximum atomic E-state index is 15.0. The number of amides is 2. The van der Waals surface area contributed by atoms with E-state index in [1.807, 2.05) is 0 Å². The van der Waals surface area contributed by atoms with Crippen molar-refractivity contribution in [3.63, 3.8) is 0 Å². The number of nitrogens with two attached hydrogens (primary N) is 1. The number of ether oxygens (including phenoxy) is 1.